The molecule has 0 aliphatic rings. The van der Waals surface area contributed by atoms with Gasteiger partial charge in [0, 0.05) is 19.0 Å². The second-order valence-corrected chi connectivity index (χ2v) is 6.33. The van der Waals surface area contributed by atoms with Crippen molar-refractivity contribution >= 4 is 27.3 Å². The fraction of sp³-hybridized carbons (Fsp3) is 0.444. The van der Waals surface area contributed by atoms with Crippen LogP contribution in [0.1, 0.15) is 10.4 Å². The molecule has 3 N–H and O–H groups in total. The molecule has 1 rings (SSSR count). The van der Waals surface area contributed by atoms with Crippen LogP contribution in [0.25, 0.3) is 0 Å². The van der Waals surface area contributed by atoms with E-state index in [-0.39, 0.29) is 22.9 Å². The predicted molar refractivity (Wildman–Crippen MR) is 64.3 cm³/mol. The maximum atomic E-state index is 11.7. The summed E-state index contributed by atoms with van der Waals surface area (Å²) in [6.45, 7) is -0.191. The molecule has 0 amide bonds. The molecule has 0 radical (unpaired) electrons. The molecule has 1 aromatic heterocycles. The van der Waals surface area contributed by atoms with Crippen LogP contribution in [0.4, 0.5) is 0 Å². The summed E-state index contributed by atoms with van der Waals surface area (Å²) in [6, 6.07) is 1.07. The van der Waals surface area contributed by atoms with E-state index in [9.17, 15) is 18.3 Å². The third-order valence-corrected chi connectivity index (χ3v) is 4.82. The molecule has 0 bridgehead atoms. The molecule has 0 saturated carbocycles. The molecular formula is C9H13NO6S2. The summed E-state index contributed by atoms with van der Waals surface area (Å²) < 4.78 is 30.2. The number of hydrogen-bond donors (Lipinski definition) is 3. The number of aliphatic hydroxyl groups excluding tert-OH is 1. The first-order valence-corrected chi connectivity index (χ1v) is 7.21. The van der Waals surface area contributed by atoms with Crippen molar-refractivity contribution in [1.82, 2.24) is 4.72 Å². The minimum absolute atomic E-state index is 0.00728. The Balaban J connectivity index is 2.71. The van der Waals surface area contributed by atoms with Crippen LogP contribution in [0.2, 0.25) is 0 Å². The Morgan fingerprint density at radius 1 is 1.61 bits per heavy atom. The molecule has 7 nitrogen and oxygen atoms in total. The van der Waals surface area contributed by atoms with Gasteiger partial charge in [-0.1, -0.05) is 0 Å². The van der Waals surface area contributed by atoms with Crippen LogP contribution >= 0.6 is 11.3 Å². The Bertz CT molecular complexity index is 509. The molecule has 0 saturated heterocycles. The minimum atomic E-state index is -3.80. The van der Waals surface area contributed by atoms with Crippen molar-refractivity contribution in [3.8, 4) is 0 Å². The Morgan fingerprint density at radius 3 is 2.78 bits per heavy atom. The summed E-state index contributed by atoms with van der Waals surface area (Å²) in [5.41, 5.74) is -0.0854. The lowest BCUT2D eigenvalue weighted by Gasteiger charge is -2.10. The fourth-order valence-corrected chi connectivity index (χ4v) is 3.37. The lowest BCUT2D eigenvalue weighted by atomic mass is 10.4. The highest BCUT2D eigenvalue weighted by molar-refractivity contribution is 7.91. The molecular weight excluding hydrogens is 282 g/mol. The van der Waals surface area contributed by atoms with E-state index in [1.54, 1.807) is 0 Å². The monoisotopic (exact) mass is 295 g/mol. The van der Waals surface area contributed by atoms with Gasteiger partial charge in [-0.2, -0.15) is 0 Å². The first-order chi connectivity index (χ1) is 8.36. The number of carboxylic acids is 1. The number of rotatable bonds is 7. The third kappa shape index (κ3) is 4.03. The second-order valence-electron chi connectivity index (χ2n) is 3.42. The van der Waals surface area contributed by atoms with E-state index in [0.29, 0.717) is 0 Å². The Morgan fingerprint density at radius 2 is 2.28 bits per heavy atom. The fourth-order valence-electron chi connectivity index (χ4n) is 1.10. The van der Waals surface area contributed by atoms with Crippen molar-refractivity contribution in [2.45, 2.75) is 10.3 Å². The van der Waals surface area contributed by atoms with Gasteiger partial charge in [0.15, 0.2) is 0 Å². The van der Waals surface area contributed by atoms with Gasteiger partial charge in [-0.3, -0.25) is 0 Å². The number of methoxy groups -OCH3 is 1. The summed E-state index contributed by atoms with van der Waals surface area (Å²) in [6.07, 6.45) is -0.955. The largest absolute Gasteiger partial charge is 0.478 e. The standard InChI is InChI=1S/C9H13NO6S2/c1-16-4-7(11)3-10-18(14,15)8-2-6(5-17-8)9(12)13/h2,5,7,10-11H,3-4H2,1H3,(H,12,13). The minimum Gasteiger partial charge on any atom is -0.478 e. The molecule has 1 aromatic rings. The van der Waals surface area contributed by atoms with Gasteiger partial charge < -0.3 is 14.9 Å². The first-order valence-electron chi connectivity index (χ1n) is 4.85. The van der Waals surface area contributed by atoms with Crippen LogP contribution in [0, 0.1) is 0 Å². The van der Waals surface area contributed by atoms with Crippen LogP contribution in [-0.4, -0.2) is 51.0 Å². The normalized spacial score (nSPS) is 13.4. The van der Waals surface area contributed by atoms with Crippen molar-refractivity contribution in [1.29, 1.82) is 0 Å². The zero-order valence-corrected chi connectivity index (χ0v) is 11.1. The lowest BCUT2D eigenvalue weighted by molar-refractivity contribution is 0.0679. The van der Waals surface area contributed by atoms with Crippen LogP contribution in [0.5, 0.6) is 0 Å². The van der Waals surface area contributed by atoms with Gasteiger partial charge in [-0.05, 0) is 6.07 Å². The van der Waals surface area contributed by atoms with Gasteiger partial charge in [-0.15, -0.1) is 11.3 Å². The van der Waals surface area contributed by atoms with Crippen LogP contribution in [-0.2, 0) is 14.8 Å². The molecule has 1 unspecified atom stereocenters. The highest BCUT2D eigenvalue weighted by Gasteiger charge is 2.19. The second kappa shape index (κ2) is 6.25. The van der Waals surface area contributed by atoms with Gasteiger partial charge >= 0.3 is 5.97 Å². The number of thiophene rings is 1. The summed E-state index contributed by atoms with van der Waals surface area (Å²) in [7, 11) is -2.41. The number of carboxylic acid groups (broad SMARTS) is 1. The average molecular weight is 295 g/mol. The van der Waals surface area contributed by atoms with E-state index in [2.05, 4.69) is 9.46 Å². The molecule has 1 heterocycles. The highest BCUT2D eigenvalue weighted by Crippen LogP contribution is 2.19. The number of carbonyl (C=O) groups is 1. The van der Waals surface area contributed by atoms with E-state index in [0.717, 1.165) is 17.4 Å². The topological polar surface area (TPSA) is 113 Å². The summed E-state index contributed by atoms with van der Waals surface area (Å²) >= 11 is 0.806. The van der Waals surface area contributed by atoms with Crippen molar-refractivity contribution in [3.63, 3.8) is 0 Å². The predicted octanol–water partition coefficient (Wildman–Crippen LogP) is -0.268. The number of aromatic carboxylic acids is 1. The summed E-state index contributed by atoms with van der Waals surface area (Å²) in [5.74, 6) is -1.19. The first kappa shape index (κ1) is 15.1. The molecule has 0 aliphatic carbocycles. The quantitative estimate of drug-likeness (QED) is 0.638. The number of hydrogen-bond acceptors (Lipinski definition) is 6. The van der Waals surface area contributed by atoms with E-state index >= 15 is 0 Å². The van der Waals surface area contributed by atoms with Gasteiger partial charge in [0.25, 0.3) is 0 Å². The van der Waals surface area contributed by atoms with E-state index in [1.807, 2.05) is 0 Å². The van der Waals surface area contributed by atoms with E-state index < -0.39 is 22.1 Å². The Kier molecular flexibility index (Phi) is 5.23. The maximum absolute atomic E-state index is 11.7. The number of ether oxygens (including phenoxy) is 1. The molecule has 9 heteroatoms. The van der Waals surface area contributed by atoms with Gasteiger partial charge in [0.2, 0.25) is 10.0 Å². The van der Waals surface area contributed by atoms with Gasteiger partial charge in [-0.25, -0.2) is 17.9 Å². The average Bonchev–Trinajstić information content (AvgIpc) is 2.77. The number of nitrogens with one attached hydrogen (secondary N) is 1. The summed E-state index contributed by atoms with van der Waals surface area (Å²) in [5, 5.41) is 19.2. The van der Waals surface area contributed by atoms with Crippen LogP contribution in [0.3, 0.4) is 0 Å². The molecule has 0 aliphatic heterocycles. The molecule has 1 atom stereocenters. The zero-order chi connectivity index (χ0) is 13.8. The molecule has 0 aromatic carbocycles. The van der Waals surface area contributed by atoms with Crippen molar-refractivity contribution in [2.24, 2.45) is 0 Å². The van der Waals surface area contributed by atoms with Crippen molar-refractivity contribution in [3.05, 3.63) is 17.0 Å². The Hall–Kier alpha value is -1.00. The van der Waals surface area contributed by atoms with Crippen LogP contribution in [0.15, 0.2) is 15.7 Å². The SMILES string of the molecule is COCC(O)CNS(=O)(=O)c1cc(C(=O)O)cs1. The third-order valence-electron chi connectivity index (χ3n) is 1.96. The van der Waals surface area contributed by atoms with E-state index in [4.69, 9.17) is 5.11 Å². The lowest BCUT2D eigenvalue weighted by Crippen LogP contribution is -2.34. The van der Waals surface area contributed by atoms with Crippen LogP contribution < -0.4 is 4.72 Å². The maximum Gasteiger partial charge on any atom is 0.336 e. The van der Waals surface area contributed by atoms with Crippen molar-refractivity contribution in [2.75, 3.05) is 20.3 Å². The van der Waals surface area contributed by atoms with Gasteiger partial charge in [0.1, 0.15) is 4.21 Å². The number of aliphatic hydroxyl groups is 1. The zero-order valence-electron chi connectivity index (χ0n) is 9.49. The molecule has 18 heavy (non-hydrogen) atoms. The molecule has 102 valence electrons. The summed E-state index contributed by atoms with van der Waals surface area (Å²) in [4.78, 5) is 10.6. The van der Waals surface area contributed by atoms with E-state index in [1.165, 1.54) is 12.5 Å². The molecule has 0 fully saturated rings. The van der Waals surface area contributed by atoms with Gasteiger partial charge in [0.05, 0.1) is 18.3 Å². The highest BCUT2D eigenvalue weighted by atomic mass is 32.2. The smallest absolute Gasteiger partial charge is 0.336 e. The molecule has 0 spiro atoms. The van der Waals surface area contributed by atoms with Crippen molar-refractivity contribution < 1.29 is 28.2 Å². The Labute approximate surface area is 108 Å². The number of sulfonamides is 1.